The number of carbonyl (C=O) groups excluding carboxylic acids is 2. The fourth-order valence-electron chi connectivity index (χ4n) is 3.17. The predicted molar refractivity (Wildman–Crippen MR) is 83.7 cm³/mol. The van der Waals surface area contributed by atoms with Crippen molar-refractivity contribution < 1.29 is 9.59 Å². The average Bonchev–Trinajstić information content (AvgIpc) is 3.05. The summed E-state index contributed by atoms with van der Waals surface area (Å²) in [4.78, 5) is 25.8. The Balaban J connectivity index is 1.62. The van der Waals surface area contributed by atoms with Gasteiger partial charge < -0.3 is 9.47 Å². The van der Waals surface area contributed by atoms with Crippen molar-refractivity contribution in [2.45, 2.75) is 45.1 Å². The average molecular weight is 318 g/mol. The zero-order valence-corrected chi connectivity index (χ0v) is 13.6. The van der Waals surface area contributed by atoms with E-state index in [9.17, 15) is 9.59 Å². The van der Waals surface area contributed by atoms with Gasteiger partial charge in [-0.05, 0) is 19.8 Å². The number of amides is 2. The number of likely N-dealkylation sites (tertiary alicyclic amines) is 1. The topological polar surface area (TPSA) is 83.7 Å². The van der Waals surface area contributed by atoms with Crippen LogP contribution in [0.4, 0.5) is 0 Å². The highest BCUT2D eigenvalue weighted by Gasteiger charge is 2.30. The third-order valence-electron chi connectivity index (χ3n) is 4.59. The molecule has 0 aliphatic carbocycles. The molecule has 1 aromatic rings. The summed E-state index contributed by atoms with van der Waals surface area (Å²) in [5.74, 6) is 1.28. The highest BCUT2D eigenvalue weighted by Crippen LogP contribution is 2.27. The SMILES string of the molecule is CCn1cnnc1C1CCN(C(=O)C2=NN(C)C(=O)CC2)CC1. The standard InChI is InChI=1S/C15H22N6O2/c1-3-20-10-16-17-14(20)11-6-8-21(9-7-11)15(23)12-4-5-13(22)19(2)18-12/h10-11H,3-9H2,1-2H3. The molecule has 0 saturated carbocycles. The van der Waals surface area contributed by atoms with Crippen LogP contribution in [0, 0.1) is 0 Å². The fraction of sp³-hybridized carbons (Fsp3) is 0.667. The molecule has 0 unspecified atom stereocenters. The lowest BCUT2D eigenvalue weighted by Crippen LogP contribution is -2.44. The van der Waals surface area contributed by atoms with Crippen LogP contribution in [-0.4, -0.2) is 62.3 Å². The van der Waals surface area contributed by atoms with Crippen LogP contribution in [0.1, 0.15) is 44.3 Å². The van der Waals surface area contributed by atoms with Gasteiger partial charge in [0.25, 0.3) is 5.91 Å². The number of aromatic nitrogens is 3. The monoisotopic (exact) mass is 318 g/mol. The molecule has 0 atom stereocenters. The summed E-state index contributed by atoms with van der Waals surface area (Å²) in [5, 5.41) is 13.6. The van der Waals surface area contributed by atoms with E-state index in [1.165, 1.54) is 5.01 Å². The Morgan fingerprint density at radius 3 is 2.70 bits per heavy atom. The van der Waals surface area contributed by atoms with Gasteiger partial charge in [0, 0.05) is 45.4 Å². The molecular formula is C15H22N6O2. The first-order valence-corrected chi connectivity index (χ1v) is 8.11. The van der Waals surface area contributed by atoms with E-state index in [0.717, 1.165) is 25.2 Å². The Bertz CT molecular complexity index is 630. The Hall–Kier alpha value is -2.25. The molecule has 8 nitrogen and oxygen atoms in total. The fourth-order valence-corrected chi connectivity index (χ4v) is 3.17. The molecule has 8 heteroatoms. The number of hydrogen-bond acceptors (Lipinski definition) is 5. The van der Waals surface area contributed by atoms with Crippen molar-refractivity contribution in [1.29, 1.82) is 0 Å². The minimum Gasteiger partial charge on any atom is -0.337 e. The number of aryl methyl sites for hydroxylation is 1. The van der Waals surface area contributed by atoms with Gasteiger partial charge in [-0.25, -0.2) is 5.01 Å². The predicted octanol–water partition coefficient (Wildman–Crippen LogP) is 0.612. The maximum atomic E-state index is 12.5. The van der Waals surface area contributed by atoms with E-state index in [-0.39, 0.29) is 11.8 Å². The number of hydrogen-bond donors (Lipinski definition) is 0. The molecule has 0 spiro atoms. The third-order valence-corrected chi connectivity index (χ3v) is 4.59. The van der Waals surface area contributed by atoms with E-state index in [0.29, 0.717) is 37.6 Å². The molecule has 2 amide bonds. The maximum absolute atomic E-state index is 12.5. The van der Waals surface area contributed by atoms with Crippen molar-refractivity contribution in [3.8, 4) is 0 Å². The van der Waals surface area contributed by atoms with Crippen molar-refractivity contribution in [2.75, 3.05) is 20.1 Å². The molecule has 23 heavy (non-hydrogen) atoms. The molecule has 1 aromatic heterocycles. The number of carbonyl (C=O) groups is 2. The molecular weight excluding hydrogens is 296 g/mol. The van der Waals surface area contributed by atoms with E-state index < -0.39 is 0 Å². The van der Waals surface area contributed by atoms with Gasteiger partial charge in [-0.15, -0.1) is 10.2 Å². The van der Waals surface area contributed by atoms with E-state index in [1.807, 2.05) is 4.90 Å². The minimum atomic E-state index is -0.0424. The van der Waals surface area contributed by atoms with Crippen molar-refractivity contribution in [3.63, 3.8) is 0 Å². The van der Waals surface area contributed by atoms with Crippen LogP contribution in [-0.2, 0) is 16.1 Å². The summed E-state index contributed by atoms with van der Waals surface area (Å²) in [5.41, 5.74) is 0.488. The second-order valence-corrected chi connectivity index (χ2v) is 6.01. The summed E-state index contributed by atoms with van der Waals surface area (Å²) < 4.78 is 2.06. The van der Waals surface area contributed by atoms with Gasteiger partial charge in [-0.2, -0.15) is 5.10 Å². The Morgan fingerprint density at radius 1 is 1.30 bits per heavy atom. The number of piperidine rings is 1. The first kappa shape index (κ1) is 15.6. The summed E-state index contributed by atoms with van der Waals surface area (Å²) >= 11 is 0. The third kappa shape index (κ3) is 3.11. The number of hydrazone groups is 1. The van der Waals surface area contributed by atoms with Crippen LogP contribution >= 0.6 is 0 Å². The maximum Gasteiger partial charge on any atom is 0.270 e. The molecule has 0 aromatic carbocycles. The molecule has 1 fully saturated rings. The van der Waals surface area contributed by atoms with Crippen LogP contribution in [0.5, 0.6) is 0 Å². The van der Waals surface area contributed by atoms with Gasteiger partial charge >= 0.3 is 0 Å². The summed E-state index contributed by atoms with van der Waals surface area (Å²) in [6.07, 6.45) is 4.32. The van der Waals surface area contributed by atoms with E-state index in [2.05, 4.69) is 26.8 Å². The van der Waals surface area contributed by atoms with Crippen LogP contribution in [0.15, 0.2) is 11.4 Å². The first-order valence-electron chi connectivity index (χ1n) is 8.11. The molecule has 3 heterocycles. The lowest BCUT2D eigenvalue weighted by atomic mass is 9.95. The van der Waals surface area contributed by atoms with Crippen molar-refractivity contribution in [1.82, 2.24) is 24.7 Å². The van der Waals surface area contributed by atoms with E-state index >= 15 is 0 Å². The number of nitrogens with zero attached hydrogens (tertiary/aromatic N) is 6. The highest BCUT2D eigenvalue weighted by molar-refractivity contribution is 6.39. The molecule has 0 N–H and O–H groups in total. The zero-order chi connectivity index (χ0) is 16.4. The normalized spacial score (nSPS) is 19.9. The van der Waals surface area contributed by atoms with Gasteiger partial charge in [-0.1, -0.05) is 0 Å². The first-order chi connectivity index (χ1) is 11.1. The Kier molecular flexibility index (Phi) is 4.40. The molecule has 0 radical (unpaired) electrons. The van der Waals surface area contributed by atoms with Crippen molar-refractivity contribution >= 4 is 17.5 Å². The van der Waals surface area contributed by atoms with E-state index in [4.69, 9.17) is 0 Å². The van der Waals surface area contributed by atoms with Crippen molar-refractivity contribution in [3.05, 3.63) is 12.2 Å². The van der Waals surface area contributed by atoms with Crippen LogP contribution in [0.25, 0.3) is 0 Å². The van der Waals surface area contributed by atoms with Gasteiger partial charge in [0.1, 0.15) is 17.9 Å². The summed E-state index contributed by atoms with van der Waals surface area (Å²) in [6.45, 7) is 4.32. The van der Waals surface area contributed by atoms with Gasteiger partial charge in [-0.3, -0.25) is 9.59 Å². The van der Waals surface area contributed by atoms with Gasteiger partial charge in [0.15, 0.2) is 0 Å². The highest BCUT2D eigenvalue weighted by atomic mass is 16.2. The van der Waals surface area contributed by atoms with Crippen molar-refractivity contribution in [2.24, 2.45) is 5.10 Å². The van der Waals surface area contributed by atoms with Crippen LogP contribution < -0.4 is 0 Å². The smallest absolute Gasteiger partial charge is 0.270 e. The second-order valence-electron chi connectivity index (χ2n) is 6.01. The van der Waals surface area contributed by atoms with Crippen LogP contribution in [0.3, 0.4) is 0 Å². The molecule has 124 valence electrons. The van der Waals surface area contributed by atoms with Gasteiger partial charge in [0.2, 0.25) is 5.91 Å². The zero-order valence-electron chi connectivity index (χ0n) is 13.6. The number of rotatable bonds is 3. The molecule has 2 aliphatic rings. The quantitative estimate of drug-likeness (QED) is 0.817. The lowest BCUT2D eigenvalue weighted by molar-refractivity contribution is -0.130. The lowest BCUT2D eigenvalue weighted by Gasteiger charge is -2.32. The second kappa shape index (κ2) is 6.47. The molecule has 3 rings (SSSR count). The molecule has 1 saturated heterocycles. The largest absolute Gasteiger partial charge is 0.337 e. The minimum absolute atomic E-state index is 0.0419. The summed E-state index contributed by atoms with van der Waals surface area (Å²) in [7, 11) is 1.60. The van der Waals surface area contributed by atoms with Crippen LogP contribution in [0.2, 0.25) is 0 Å². The van der Waals surface area contributed by atoms with E-state index in [1.54, 1.807) is 13.4 Å². The Labute approximate surface area is 135 Å². The van der Waals surface area contributed by atoms with Gasteiger partial charge in [0.05, 0.1) is 0 Å². The Morgan fingerprint density at radius 2 is 2.04 bits per heavy atom. The molecule has 0 bridgehead atoms. The summed E-state index contributed by atoms with van der Waals surface area (Å²) in [6, 6.07) is 0. The molecule has 2 aliphatic heterocycles.